The SMILES string of the molecule is CCCCCCC(C)(C)c1cc2c3c(c1)OC(C)(C)[C@@H]1CC=C(C[C@@H]31)C(O)NCCCO2. The van der Waals surface area contributed by atoms with Crippen LogP contribution in [-0.4, -0.2) is 30.1 Å². The van der Waals surface area contributed by atoms with Crippen LogP contribution >= 0.6 is 0 Å². The molecule has 0 aromatic heterocycles. The summed E-state index contributed by atoms with van der Waals surface area (Å²) in [4.78, 5) is 0. The minimum atomic E-state index is -0.562. The van der Waals surface area contributed by atoms with Crippen molar-refractivity contribution in [1.82, 2.24) is 5.32 Å². The first-order chi connectivity index (χ1) is 15.2. The highest BCUT2D eigenvalue weighted by Crippen LogP contribution is 2.55. The van der Waals surface area contributed by atoms with Gasteiger partial charge in [0, 0.05) is 23.9 Å². The van der Waals surface area contributed by atoms with Gasteiger partial charge in [-0.2, -0.15) is 0 Å². The smallest absolute Gasteiger partial charge is 0.127 e. The molecule has 0 saturated heterocycles. The number of aliphatic hydroxyl groups excluding tert-OH is 1. The van der Waals surface area contributed by atoms with E-state index in [-0.39, 0.29) is 11.0 Å². The van der Waals surface area contributed by atoms with E-state index in [0.29, 0.717) is 18.4 Å². The van der Waals surface area contributed by atoms with Gasteiger partial charge in [0.05, 0.1) is 6.61 Å². The number of hydrogen-bond donors (Lipinski definition) is 2. The lowest BCUT2D eigenvalue weighted by molar-refractivity contribution is 0.00496. The average molecular weight is 442 g/mol. The van der Waals surface area contributed by atoms with Gasteiger partial charge in [-0.05, 0) is 68.2 Å². The fourth-order valence-corrected chi connectivity index (χ4v) is 5.90. The molecule has 2 N–H and O–H groups in total. The Kier molecular flexibility index (Phi) is 6.93. The molecule has 4 heteroatoms. The van der Waals surface area contributed by atoms with E-state index in [2.05, 4.69) is 58.1 Å². The topological polar surface area (TPSA) is 50.7 Å². The summed E-state index contributed by atoms with van der Waals surface area (Å²) in [6.45, 7) is 12.8. The van der Waals surface area contributed by atoms with Crippen molar-refractivity contribution < 1.29 is 14.6 Å². The van der Waals surface area contributed by atoms with Crippen molar-refractivity contribution in [3.8, 4) is 11.5 Å². The first kappa shape index (κ1) is 23.6. The zero-order valence-electron chi connectivity index (χ0n) is 20.8. The van der Waals surface area contributed by atoms with Gasteiger partial charge in [0.25, 0.3) is 0 Å². The molecule has 4 nitrogen and oxygen atoms in total. The molecule has 0 radical (unpaired) electrons. The zero-order valence-corrected chi connectivity index (χ0v) is 20.8. The maximum atomic E-state index is 10.7. The number of benzene rings is 1. The van der Waals surface area contributed by atoms with Crippen LogP contribution < -0.4 is 14.8 Å². The quantitative estimate of drug-likeness (QED) is 0.407. The molecule has 1 aromatic rings. The van der Waals surface area contributed by atoms with Crippen LogP contribution in [0.1, 0.15) is 103 Å². The van der Waals surface area contributed by atoms with E-state index in [0.717, 1.165) is 42.9 Å². The molecule has 1 unspecified atom stereocenters. The second-order valence-corrected chi connectivity index (χ2v) is 11.3. The standard InChI is InChI=1S/C28H43NO3/c1-6-7-8-9-13-27(2,3)20-17-23-25-21-16-19(26(30)29-14-10-15-31-23)11-12-22(21)28(4,5)32-24(25)18-20/h11,17-18,21-22,26,29-30H,6-10,12-16H2,1-5H3/t21-,22-,26?/m1/s1. The van der Waals surface area contributed by atoms with Crippen LogP contribution in [0.25, 0.3) is 0 Å². The Bertz CT molecular complexity index is 841. The van der Waals surface area contributed by atoms with Crippen molar-refractivity contribution in [2.45, 2.75) is 109 Å². The van der Waals surface area contributed by atoms with E-state index in [1.807, 2.05) is 0 Å². The first-order valence-corrected chi connectivity index (χ1v) is 12.8. The summed E-state index contributed by atoms with van der Waals surface area (Å²) < 4.78 is 13.1. The Morgan fingerprint density at radius 1 is 1.16 bits per heavy atom. The summed E-state index contributed by atoms with van der Waals surface area (Å²) in [6, 6.07) is 4.60. The molecule has 0 saturated carbocycles. The zero-order chi connectivity index (χ0) is 22.9. The highest BCUT2D eigenvalue weighted by atomic mass is 16.5. The molecule has 1 aliphatic carbocycles. The van der Waals surface area contributed by atoms with E-state index in [1.54, 1.807) is 0 Å². The van der Waals surface area contributed by atoms with E-state index < -0.39 is 6.23 Å². The van der Waals surface area contributed by atoms with Crippen LogP contribution in [0.15, 0.2) is 23.8 Å². The van der Waals surface area contributed by atoms with Crippen molar-refractivity contribution in [2.24, 2.45) is 5.92 Å². The highest BCUT2D eigenvalue weighted by molar-refractivity contribution is 5.55. The fraction of sp³-hybridized carbons (Fsp3) is 0.714. The maximum Gasteiger partial charge on any atom is 0.127 e. The molecule has 2 aliphatic heterocycles. The summed E-state index contributed by atoms with van der Waals surface area (Å²) in [5.74, 6) is 2.68. The van der Waals surface area contributed by atoms with E-state index in [9.17, 15) is 5.11 Å². The summed E-state index contributed by atoms with van der Waals surface area (Å²) in [5.41, 5.74) is 3.48. The van der Waals surface area contributed by atoms with Gasteiger partial charge in [-0.1, -0.05) is 52.5 Å². The molecule has 0 spiro atoms. The minimum absolute atomic E-state index is 0.0779. The number of aliphatic hydroxyl groups is 1. The Morgan fingerprint density at radius 2 is 1.94 bits per heavy atom. The molecule has 32 heavy (non-hydrogen) atoms. The number of fused-ring (bicyclic) bond motifs is 1. The van der Waals surface area contributed by atoms with Crippen molar-refractivity contribution in [3.05, 3.63) is 34.9 Å². The number of rotatable bonds is 6. The van der Waals surface area contributed by atoms with Crippen LogP contribution in [0.2, 0.25) is 0 Å². The van der Waals surface area contributed by atoms with Gasteiger partial charge in [0.2, 0.25) is 0 Å². The summed E-state index contributed by atoms with van der Waals surface area (Å²) >= 11 is 0. The van der Waals surface area contributed by atoms with Crippen molar-refractivity contribution in [1.29, 1.82) is 0 Å². The molecule has 2 bridgehead atoms. The van der Waals surface area contributed by atoms with Crippen molar-refractivity contribution in [2.75, 3.05) is 13.2 Å². The largest absolute Gasteiger partial charge is 0.493 e. The van der Waals surface area contributed by atoms with Crippen molar-refractivity contribution >= 4 is 0 Å². The lowest BCUT2D eigenvalue weighted by Crippen LogP contribution is -2.46. The van der Waals surface area contributed by atoms with Crippen LogP contribution in [0.4, 0.5) is 0 Å². The Hall–Kier alpha value is -1.52. The summed E-state index contributed by atoms with van der Waals surface area (Å²) in [6.07, 6.45) is 10.6. The third-order valence-corrected chi connectivity index (χ3v) is 8.02. The van der Waals surface area contributed by atoms with Crippen LogP contribution in [0, 0.1) is 5.92 Å². The van der Waals surface area contributed by atoms with Crippen LogP contribution in [0.5, 0.6) is 11.5 Å². The normalized spacial score (nSPS) is 26.9. The molecule has 3 aliphatic rings. The number of allylic oxidation sites excluding steroid dienone is 1. The Morgan fingerprint density at radius 3 is 2.72 bits per heavy atom. The number of unbranched alkanes of at least 4 members (excludes halogenated alkanes) is 3. The van der Waals surface area contributed by atoms with E-state index >= 15 is 0 Å². The lowest BCUT2D eigenvalue weighted by Gasteiger charge is -2.48. The van der Waals surface area contributed by atoms with E-state index in [4.69, 9.17) is 9.47 Å². The van der Waals surface area contributed by atoms with Gasteiger partial charge in [0.1, 0.15) is 23.3 Å². The molecule has 4 rings (SSSR count). The number of ether oxygens (including phenoxy) is 2. The molecule has 0 amide bonds. The van der Waals surface area contributed by atoms with Gasteiger partial charge in [-0.3, -0.25) is 5.32 Å². The molecule has 1 aromatic carbocycles. The molecular formula is C28H43NO3. The molecule has 3 atom stereocenters. The number of nitrogens with one attached hydrogen (secondary N) is 1. The molecule has 178 valence electrons. The molecule has 2 heterocycles. The first-order valence-electron chi connectivity index (χ1n) is 12.8. The maximum absolute atomic E-state index is 10.7. The van der Waals surface area contributed by atoms with Crippen LogP contribution in [-0.2, 0) is 5.41 Å². The molecule has 0 fully saturated rings. The predicted octanol–water partition coefficient (Wildman–Crippen LogP) is 6.22. The third kappa shape index (κ3) is 4.72. The van der Waals surface area contributed by atoms with Gasteiger partial charge < -0.3 is 14.6 Å². The average Bonchev–Trinajstić information content (AvgIpc) is 2.76. The summed E-state index contributed by atoms with van der Waals surface area (Å²) in [5, 5.41) is 14.0. The third-order valence-electron chi connectivity index (χ3n) is 8.02. The van der Waals surface area contributed by atoms with Gasteiger partial charge >= 0.3 is 0 Å². The Labute approximate surface area is 194 Å². The van der Waals surface area contributed by atoms with Crippen molar-refractivity contribution in [3.63, 3.8) is 0 Å². The molecular weight excluding hydrogens is 398 g/mol. The van der Waals surface area contributed by atoms with E-state index in [1.165, 1.54) is 43.2 Å². The number of hydrogen-bond acceptors (Lipinski definition) is 4. The van der Waals surface area contributed by atoms with Gasteiger partial charge in [0.15, 0.2) is 0 Å². The fourth-order valence-electron chi connectivity index (χ4n) is 5.90. The minimum Gasteiger partial charge on any atom is -0.493 e. The monoisotopic (exact) mass is 441 g/mol. The lowest BCUT2D eigenvalue weighted by atomic mass is 9.66. The van der Waals surface area contributed by atoms with Crippen LogP contribution in [0.3, 0.4) is 0 Å². The second kappa shape index (κ2) is 9.38. The van der Waals surface area contributed by atoms with Gasteiger partial charge in [-0.15, -0.1) is 0 Å². The Balaban J connectivity index is 1.74. The van der Waals surface area contributed by atoms with Gasteiger partial charge in [-0.25, -0.2) is 0 Å². The second-order valence-electron chi connectivity index (χ2n) is 11.3. The highest BCUT2D eigenvalue weighted by Gasteiger charge is 2.47. The summed E-state index contributed by atoms with van der Waals surface area (Å²) in [7, 11) is 0. The predicted molar refractivity (Wildman–Crippen MR) is 131 cm³/mol.